The van der Waals surface area contributed by atoms with Crippen molar-refractivity contribution in [1.82, 2.24) is 10.6 Å². The summed E-state index contributed by atoms with van der Waals surface area (Å²) >= 11 is 5.35. The molecule has 24 heavy (non-hydrogen) atoms. The number of benzene rings is 1. The largest absolute Gasteiger partial charge is 0.493 e. The third-order valence-corrected chi connectivity index (χ3v) is 5.19. The van der Waals surface area contributed by atoms with E-state index >= 15 is 0 Å². The molecule has 1 aromatic heterocycles. The fourth-order valence-corrected chi connectivity index (χ4v) is 3.47. The van der Waals surface area contributed by atoms with E-state index in [9.17, 15) is 0 Å². The molecule has 0 fully saturated rings. The van der Waals surface area contributed by atoms with Crippen LogP contribution >= 0.6 is 27.3 Å². The Morgan fingerprint density at radius 2 is 1.79 bits per heavy atom. The van der Waals surface area contributed by atoms with Crippen LogP contribution in [0.25, 0.3) is 0 Å². The quantitative estimate of drug-likeness (QED) is 0.561. The smallest absolute Gasteiger partial charge is 0.191 e. The lowest BCUT2D eigenvalue weighted by Crippen LogP contribution is -2.36. The summed E-state index contributed by atoms with van der Waals surface area (Å²) in [5.74, 6) is 2.15. The number of thiophene rings is 1. The van der Waals surface area contributed by atoms with Crippen molar-refractivity contribution in [2.45, 2.75) is 20.0 Å². The van der Waals surface area contributed by atoms with Crippen LogP contribution in [0.1, 0.15) is 15.3 Å². The second-order valence-corrected chi connectivity index (χ2v) is 7.32. The third-order valence-electron chi connectivity index (χ3n) is 3.45. The zero-order chi connectivity index (χ0) is 17.5. The molecule has 0 aliphatic heterocycles. The van der Waals surface area contributed by atoms with Crippen molar-refractivity contribution < 1.29 is 9.47 Å². The van der Waals surface area contributed by atoms with Gasteiger partial charge in [-0.25, -0.2) is 0 Å². The van der Waals surface area contributed by atoms with Gasteiger partial charge in [0.05, 0.1) is 20.8 Å². The number of hydrogen-bond donors (Lipinski definition) is 2. The van der Waals surface area contributed by atoms with Gasteiger partial charge in [0.1, 0.15) is 0 Å². The predicted octanol–water partition coefficient (Wildman–Crippen LogP) is 3.70. The van der Waals surface area contributed by atoms with Gasteiger partial charge in [-0.05, 0) is 36.8 Å². The normalized spacial score (nSPS) is 11.3. The van der Waals surface area contributed by atoms with Crippen LogP contribution in [-0.4, -0.2) is 27.2 Å². The maximum absolute atomic E-state index is 5.35. The van der Waals surface area contributed by atoms with Crippen molar-refractivity contribution >= 4 is 33.2 Å². The number of rotatable bonds is 6. The van der Waals surface area contributed by atoms with Crippen LogP contribution in [0, 0.1) is 6.92 Å². The van der Waals surface area contributed by atoms with Crippen LogP contribution in [0.3, 0.4) is 0 Å². The average Bonchev–Trinajstić information content (AvgIpc) is 3.01. The molecule has 0 aliphatic carbocycles. The summed E-state index contributed by atoms with van der Waals surface area (Å²) in [5, 5.41) is 6.63. The van der Waals surface area contributed by atoms with Crippen molar-refractivity contribution in [2.75, 3.05) is 21.3 Å². The molecule has 0 atom stereocenters. The van der Waals surface area contributed by atoms with Gasteiger partial charge in [0.2, 0.25) is 0 Å². The highest BCUT2D eigenvalue weighted by Gasteiger charge is 2.10. The first-order chi connectivity index (χ1) is 11.6. The zero-order valence-electron chi connectivity index (χ0n) is 14.3. The topological polar surface area (TPSA) is 54.9 Å². The first-order valence-corrected chi connectivity index (χ1v) is 9.08. The molecule has 1 heterocycles. The fourth-order valence-electron chi connectivity index (χ4n) is 2.18. The van der Waals surface area contributed by atoms with Gasteiger partial charge >= 0.3 is 0 Å². The van der Waals surface area contributed by atoms with E-state index in [0.717, 1.165) is 22.5 Å². The van der Waals surface area contributed by atoms with E-state index in [1.165, 1.54) is 9.75 Å². The lowest BCUT2D eigenvalue weighted by molar-refractivity contribution is 0.354. The highest BCUT2D eigenvalue weighted by Crippen LogP contribution is 2.33. The molecule has 0 aliphatic rings. The number of nitrogens with zero attached hydrogens (tertiary/aromatic N) is 1. The monoisotopic (exact) mass is 411 g/mol. The molecule has 2 N–H and O–H groups in total. The fraction of sp³-hybridized carbons (Fsp3) is 0.353. The maximum Gasteiger partial charge on any atom is 0.191 e. The molecule has 0 radical (unpaired) electrons. The Bertz CT molecular complexity index is 716. The number of ether oxygens (including phenoxy) is 2. The molecule has 0 unspecified atom stereocenters. The summed E-state index contributed by atoms with van der Waals surface area (Å²) in [5.41, 5.74) is 1.06. The van der Waals surface area contributed by atoms with Crippen molar-refractivity contribution in [3.05, 3.63) is 44.1 Å². The average molecular weight is 412 g/mol. The third kappa shape index (κ3) is 4.88. The van der Waals surface area contributed by atoms with E-state index in [1.54, 1.807) is 32.6 Å². The predicted molar refractivity (Wildman–Crippen MR) is 103 cm³/mol. The van der Waals surface area contributed by atoms with Crippen molar-refractivity contribution in [3.63, 3.8) is 0 Å². The Hall–Kier alpha value is -1.73. The molecule has 7 heteroatoms. The Balaban J connectivity index is 1.97. The van der Waals surface area contributed by atoms with E-state index in [0.29, 0.717) is 18.0 Å². The molecule has 0 saturated carbocycles. The second-order valence-electron chi connectivity index (χ2n) is 5.09. The van der Waals surface area contributed by atoms with Crippen LogP contribution in [0.2, 0.25) is 0 Å². The minimum Gasteiger partial charge on any atom is -0.493 e. The molecule has 2 aromatic rings. The maximum atomic E-state index is 5.35. The van der Waals surface area contributed by atoms with Crippen LogP contribution < -0.4 is 20.1 Å². The van der Waals surface area contributed by atoms with Crippen LogP contribution in [0.5, 0.6) is 11.5 Å². The number of aryl methyl sites for hydroxylation is 1. The Kier molecular flexibility index (Phi) is 6.93. The highest BCUT2D eigenvalue weighted by atomic mass is 79.9. The van der Waals surface area contributed by atoms with Crippen LogP contribution in [0.15, 0.2) is 33.7 Å². The standard InChI is InChI=1S/C17H22BrN3O2S/c1-11-5-6-13(24-11)10-21-17(19-2)20-9-12-7-15(22-3)16(23-4)8-14(12)18/h5-8H,9-10H2,1-4H3,(H2,19,20,21). The van der Waals surface area contributed by atoms with Gasteiger partial charge in [-0.15, -0.1) is 11.3 Å². The molecule has 0 bridgehead atoms. The lowest BCUT2D eigenvalue weighted by Gasteiger charge is -2.14. The number of nitrogens with one attached hydrogen (secondary N) is 2. The summed E-state index contributed by atoms with van der Waals surface area (Å²) < 4.78 is 11.6. The van der Waals surface area contributed by atoms with Crippen LogP contribution in [0.4, 0.5) is 0 Å². The number of guanidine groups is 1. The van der Waals surface area contributed by atoms with Gasteiger partial charge < -0.3 is 20.1 Å². The zero-order valence-corrected chi connectivity index (χ0v) is 16.7. The lowest BCUT2D eigenvalue weighted by atomic mass is 10.2. The molecule has 1 aromatic carbocycles. The summed E-state index contributed by atoms with van der Waals surface area (Å²) in [4.78, 5) is 6.85. The van der Waals surface area contributed by atoms with E-state index in [4.69, 9.17) is 9.47 Å². The van der Waals surface area contributed by atoms with E-state index in [-0.39, 0.29) is 0 Å². The number of halogens is 1. The van der Waals surface area contributed by atoms with E-state index in [1.807, 2.05) is 12.1 Å². The molecule has 0 amide bonds. The van der Waals surface area contributed by atoms with Crippen molar-refractivity contribution in [3.8, 4) is 11.5 Å². The van der Waals surface area contributed by atoms with Crippen molar-refractivity contribution in [1.29, 1.82) is 0 Å². The summed E-state index contributed by atoms with van der Waals surface area (Å²) in [6.07, 6.45) is 0. The summed E-state index contributed by atoms with van der Waals surface area (Å²) in [7, 11) is 5.02. The Labute approximate surface area is 155 Å². The first kappa shape index (κ1) is 18.6. The highest BCUT2D eigenvalue weighted by molar-refractivity contribution is 9.10. The number of hydrogen-bond acceptors (Lipinski definition) is 4. The SMILES string of the molecule is CN=C(NCc1ccc(C)s1)NCc1cc(OC)c(OC)cc1Br. The number of methoxy groups -OCH3 is 2. The Morgan fingerprint density at radius 3 is 2.38 bits per heavy atom. The van der Waals surface area contributed by atoms with Crippen LogP contribution in [-0.2, 0) is 13.1 Å². The van der Waals surface area contributed by atoms with Gasteiger partial charge in [-0.2, -0.15) is 0 Å². The van der Waals surface area contributed by atoms with Gasteiger partial charge in [0.25, 0.3) is 0 Å². The second kappa shape index (κ2) is 8.94. The molecule has 130 valence electrons. The van der Waals surface area contributed by atoms with Crippen molar-refractivity contribution in [2.24, 2.45) is 4.99 Å². The minimum atomic E-state index is 0.615. The molecule has 5 nitrogen and oxygen atoms in total. The Morgan fingerprint density at radius 1 is 1.12 bits per heavy atom. The van der Waals surface area contributed by atoms with Gasteiger partial charge in [0.15, 0.2) is 17.5 Å². The van der Waals surface area contributed by atoms with Gasteiger partial charge in [0, 0.05) is 27.8 Å². The first-order valence-electron chi connectivity index (χ1n) is 7.47. The molecular weight excluding hydrogens is 390 g/mol. The minimum absolute atomic E-state index is 0.615. The summed E-state index contributed by atoms with van der Waals surface area (Å²) in [6.45, 7) is 3.48. The summed E-state index contributed by atoms with van der Waals surface area (Å²) in [6, 6.07) is 8.11. The van der Waals surface area contributed by atoms with Gasteiger partial charge in [-0.3, -0.25) is 4.99 Å². The molecule has 0 saturated heterocycles. The van der Waals surface area contributed by atoms with E-state index in [2.05, 4.69) is 50.6 Å². The number of aliphatic imine (C=N–C) groups is 1. The molecular formula is C17H22BrN3O2S. The van der Waals surface area contributed by atoms with E-state index < -0.39 is 0 Å². The molecule has 0 spiro atoms. The van der Waals surface area contributed by atoms with Gasteiger partial charge in [-0.1, -0.05) is 15.9 Å². The molecule has 2 rings (SSSR count).